The van der Waals surface area contributed by atoms with E-state index in [0.717, 1.165) is 16.9 Å². The van der Waals surface area contributed by atoms with Crippen molar-refractivity contribution in [1.82, 2.24) is 9.38 Å². The van der Waals surface area contributed by atoms with Crippen molar-refractivity contribution in [2.45, 2.75) is 20.3 Å². The van der Waals surface area contributed by atoms with Crippen molar-refractivity contribution in [3.8, 4) is 10.4 Å². The number of carbonyl (C=O) groups is 1. The van der Waals surface area contributed by atoms with Gasteiger partial charge >= 0.3 is 5.97 Å². The average molecular weight is 362 g/mol. The molecule has 4 nitrogen and oxygen atoms in total. The van der Waals surface area contributed by atoms with Crippen molar-refractivity contribution in [2.24, 2.45) is 0 Å². The standard InChI is InChI=1S/C21H18N2O2S/c1-13-8-9-17(16(10-13)11-15-6-4-3-5-7-15)18-12-23-19(20(24)25)14(2)22-21(23)26-18/h3-10,12H,11H2,1-2H3,(H,24,25). The Morgan fingerprint density at radius 1 is 1.15 bits per heavy atom. The van der Waals surface area contributed by atoms with Crippen LogP contribution in [0.5, 0.6) is 0 Å². The minimum atomic E-state index is -0.951. The van der Waals surface area contributed by atoms with Crippen molar-refractivity contribution >= 4 is 22.3 Å². The van der Waals surface area contributed by atoms with E-state index in [1.54, 1.807) is 11.3 Å². The van der Waals surface area contributed by atoms with Crippen LogP contribution in [0.3, 0.4) is 0 Å². The minimum absolute atomic E-state index is 0.235. The minimum Gasteiger partial charge on any atom is -0.477 e. The lowest BCUT2D eigenvalue weighted by Gasteiger charge is -2.09. The zero-order valence-corrected chi connectivity index (χ0v) is 15.4. The molecule has 2 aromatic carbocycles. The fourth-order valence-electron chi connectivity index (χ4n) is 3.26. The number of hydrogen-bond donors (Lipinski definition) is 1. The number of carboxylic acid groups (broad SMARTS) is 1. The predicted octanol–water partition coefficient (Wildman–Crippen LogP) is 4.97. The summed E-state index contributed by atoms with van der Waals surface area (Å²) in [4.78, 5) is 17.7. The van der Waals surface area contributed by atoms with Gasteiger partial charge in [0.1, 0.15) is 0 Å². The Morgan fingerprint density at radius 2 is 1.92 bits per heavy atom. The smallest absolute Gasteiger partial charge is 0.354 e. The van der Waals surface area contributed by atoms with Gasteiger partial charge in [-0.3, -0.25) is 4.40 Å². The molecule has 0 atom stereocenters. The molecule has 0 spiro atoms. The number of aryl methyl sites for hydroxylation is 2. The molecule has 4 rings (SSSR count). The second kappa shape index (κ2) is 6.42. The molecular weight excluding hydrogens is 344 g/mol. The Kier molecular flexibility index (Phi) is 4.09. The summed E-state index contributed by atoms with van der Waals surface area (Å²) in [6, 6.07) is 16.8. The molecule has 2 heterocycles. The number of imidazole rings is 1. The molecule has 0 aliphatic heterocycles. The van der Waals surface area contributed by atoms with E-state index in [4.69, 9.17) is 0 Å². The van der Waals surface area contributed by atoms with E-state index >= 15 is 0 Å². The van der Waals surface area contributed by atoms with Gasteiger partial charge in [-0.25, -0.2) is 9.78 Å². The van der Waals surface area contributed by atoms with Crippen LogP contribution in [-0.2, 0) is 6.42 Å². The van der Waals surface area contributed by atoms with E-state index in [0.29, 0.717) is 10.7 Å². The highest BCUT2D eigenvalue weighted by Crippen LogP contribution is 2.33. The summed E-state index contributed by atoms with van der Waals surface area (Å²) >= 11 is 1.52. The van der Waals surface area contributed by atoms with Crippen molar-refractivity contribution in [3.05, 3.63) is 82.8 Å². The van der Waals surface area contributed by atoms with Crippen molar-refractivity contribution < 1.29 is 9.90 Å². The van der Waals surface area contributed by atoms with Gasteiger partial charge in [0.25, 0.3) is 0 Å². The largest absolute Gasteiger partial charge is 0.477 e. The second-order valence-electron chi connectivity index (χ2n) is 6.42. The quantitative estimate of drug-likeness (QED) is 0.558. The third kappa shape index (κ3) is 2.91. The maximum absolute atomic E-state index is 11.5. The third-order valence-corrected chi connectivity index (χ3v) is 5.48. The molecule has 1 N–H and O–H groups in total. The number of hydrogen-bond acceptors (Lipinski definition) is 3. The molecule has 0 fully saturated rings. The summed E-state index contributed by atoms with van der Waals surface area (Å²) in [5.41, 5.74) is 5.60. The first-order valence-corrected chi connectivity index (χ1v) is 9.20. The van der Waals surface area contributed by atoms with Gasteiger partial charge in [0.05, 0.1) is 10.6 Å². The lowest BCUT2D eigenvalue weighted by molar-refractivity contribution is 0.0688. The Morgan fingerprint density at radius 3 is 2.65 bits per heavy atom. The van der Waals surface area contributed by atoms with Crippen molar-refractivity contribution in [1.29, 1.82) is 0 Å². The molecule has 0 saturated heterocycles. The molecule has 4 aromatic rings. The van der Waals surface area contributed by atoms with Crippen molar-refractivity contribution in [2.75, 3.05) is 0 Å². The van der Waals surface area contributed by atoms with Crippen LogP contribution in [0.2, 0.25) is 0 Å². The molecule has 0 bridgehead atoms. The number of carboxylic acids is 1. The molecule has 0 amide bonds. The number of nitrogens with zero attached hydrogens (tertiary/aromatic N) is 2. The van der Waals surface area contributed by atoms with Crippen molar-refractivity contribution in [3.63, 3.8) is 0 Å². The van der Waals surface area contributed by atoms with Crippen LogP contribution in [-0.4, -0.2) is 20.5 Å². The van der Waals surface area contributed by atoms with E-state index in [1.165, 1.54) is 28.0 Å². The lowest BCUT2D eigenvalue weighted by Crippen LogP contribution is -2.02. The van der Waals surface area contributed by atoms with Crippen LogP contribution in [0, 0.1) is 13.8 Å². The average Bonchev–Trinajstić information content (AvgIpc) is 3.11. The van der Waals surface area contributed by atoms with Crippen LogP contribution < -0.4 is 0 Å². The zero-order valence-electron chi connectivity index (χ0n) is 14.6. The number of fused-ring (bicyclic) bond motifs is 1. The summed E-state index contributed by atoms with van der Waals surface area (Å²) in [7, 11) is 0. The predicted molar refractivity (Wildman–Crippen MR) is 104 cm³/mol. The number of benzene rings is 2. The van der Waals surface area contributed by atoms with Crippen LogP contribution in [0.4, 0.5) is 0 Å². The lowest BCUT2D eigenvalue weighted by atomic mass is 9.97. The monoisotopic (exact) mass is 362 g/mol. The first kappa shape index (κ1) is 16.5. The van der Waals surface area contributed by atoms with Crippen LogP contribution in [0.15, 0.2) is 54.7 Å². The summed E-state index contributed by atoms with van der Waals surface area (Å²) in [6.45, 7) is 3.82. The highest BCUT2D eigenvalue weighted by molar-refractivity contribution is 7.20. The van der Waals surface area contributed by atoms with E-state index in [2.05, 4.69) is 42.2 Å². The van der Waals surface area contributed by atoms with Gasteiger partial charge in [-0.1, -0.05) is 65.4 Å². The molecule has 0 unspecified atom stereocenters. The maximum Gasteiger partial charge on any atom is 0.354 e. The molecule has 0 aliphatic carbocycles. The van der Waals surface area contributed by atoms with Crippen LogP contribution in [0.1, 0.15) is 32.9 Å². The molecule has 0 aliphatic rings. The highest BCUT2D eigenvalue weighted by Gasteiger charge is 2.19. The van der Waals surface area contributed by atoms with Crippen LogP contribution >= 0.6 is 11.3 Å². The summed E-state index contributed by atoms with van der Waals surface area (Å²) in [6.07, 6.45) is 2.73. The fourth-order valence-corrected chi connectivity index (χ4v) is 4.35. The SMILES string of the molecule is Cc1ccc(-c2cn3c(C(=O)O)c(C)nc3s2)c(Cc2ccccc2)c1. The Hall–Kier alpha value is -2.92. The molecule has 0 radical (unpaired) electrons. The third-order valence-electron chi connectivity index (χ3n) is 4.47. The van der Waals surface area contributed by atoms with E-state index in [9.17, 15) is 9.90 Å². The van der Waals surface area contributed by atoms with Gasteiger partial charge in [0, 0.05) is 6.20 Å². The molecule has 2 aromatic heterocycles. The maximum atomic E-state index is 11.5. The van der Waals surface area contributed by atoms with Gasteiger partial charge in [-0.05, 0) is 37.0 Å². The Labute approximate surface area is 155 Å². The van der Waals surface area contributed by atoms with Gasteiger partial charge in [-0.15, -0.1) is 0 Å². The van der Waals surface area contributed by atoms with Gasteiger partial charge in [0.15, 0.2) is 10.7 Å². The number of aromatic carboxylic acids is 1. The van der Waals surface area contributed by atoms with Gasteiger partial charge in [-0.2, -0.15) is 0 Å². The first-order chi connectivity index (χ1) is 12.5. The van der Waals surface area contributed by atoms with Gasteiger partial charge < -0.3 is 5.11 Å². The summed E-state index contributed by atoms with van der Waals surface area (Å²) < 4.78 is 1.68. The molecule has 5 heteroatoms. The van der Waals surface area contributed by atoms with E-state index in [-0.39, 0.29) is 5.69 Å². The van der Waals surface area contributed by atoms with E-state index < -0.39 is 5.97 Å². The Bertz CT molecular complexity index is 1110. The zero-order chi connectivity index (χ0) is 18.3. The van der Waals surface area contributed by atoms with Crippen LogP contribution in [0.25, 0.3) is 15.4 Å². The Balaban J connectivity index is 1.83. The summed E-state index contributed by atoms with van der Waals surface area (Å²) in [5, 5.41) is 9.46. The molecule has 26 heavy (non-hydrogen) atoms. The van der Waals surface area contributed by atoms with E-state index in [1.807, 2.05) is 24.4 Å². The summed E-state index contributed by atoms with van der Waals surface area (Å²) in [5.74, 6) is -0.951. The molecular formula is C21H18N2O2S. The fraction of sp³-hybridized carbons (Fsp3) is 0.143. The number of aromatic nitrogens is 2. The number of rotatable bonds is 4. The molecule has 0 saturated carbocycles. The first-order valence-electron chi connectivity index (χ1n) is 8.38. The molecule has 130 valence electrons. The topological polar surface area (TPSA) is 54.6 Å². The van der Waals surface area contributed by atoms with Gasteiger partial charge in [0.2, 0.25) is 0 Å². The highest BCUT2D eigenvalue weighted by atomic mass is 32.1. The second-order valence-corrected chi connectivity index (χ2v) is 7.43. The normalized spacial score (nSPS) is 11.2. The number of thiazole rings is 1.